The molecule has 0 spiro atoms. The number of aromatic nitrogens is 3. The predicted molar refractivity (Wildman–Crippen MR) is 271 cm³/mol. The molecule has 0 amide bonds. The first kappa shape index (κ1) is 36.1. The van der Waals surface area contributed by atoms with Gasteiger partial charge < -0.3 is 18.1 Å². The second-order valence-electron chi connectivity index (χ2n) is 16.6. The Bertz CT molecular complexity index is 4100. The summed E-state index contributed by atoms with van der Waals surface area (Å²) < 4.78 is 13.7. The molecule has 9 aromatic carbocycles. The summed E-state index contributed by atoms with van der Waals surface area (Å²) in [4.78, 5) is 0. The van der Waals surface area contributed by atoms with Crippen LogP contribution in [-0.4, -0.2) is 13.7 Å². The van der Waals surface area contributed by atoms with Crippen molar-refractivity contribution in [2.75, 3.05) is 0 Å². The van der Waals surface area contributed by atoms with E-state index in [4.69, 9.17) is 4.42 Å². The summed E-state index contributed by atoms with van der Waals surface area (Å²) in [5.41, 5.74) is 16.6. The van der Waals surface area contributed by atoms with Gasteiger partial charge in [-0.1, -0.05) is 128 Å². The highest BCUT2D eigenvalue weighted by Crippen LogP contribution is 2.45. The molecule has 64 heavy (non-hydrogen) atoms. The van der Waals surface area contributed by atoms with E-state index in [2.05, 4.69) is 221 Å². The van der Waals surface area contributed by atoms with E-state index in [1.165, 1.54) is 48.9 Å². The van der Waals surface area contributed by atoms with Crippen molar-refractivity contribution in [3.05, 3.63) is 226 Å². The van der Waals surface area contributed by atoms with Crippen molar-refractivity contribution < 1.29 is 4.42 Å². The molecule has 0 radical (unpaired) electrons. The van der Waals surface area contributed by atoms with Crippen LogP contribution in [-0.2, 0) is 0 Å². The lowest BCUT2D eigenvalue weighted by Crippen LogP contribution is -1.95. The average molecular weight is 818 g/mol. The lowest BCUT2D eigenvalue weighted by molar-refractivity contribution is 0.669. The van der Waals surface area contributed by atoms with Crippen molar-refractivity contribution in [3.8, 4) is 33.6 Å². The molecule has 0 N–H and O–H groups in total. The van der Waals surface area contributed by atoms with Crippen LogP contribution in [0.4, 0.5) is 0 Å². The Balaban J connectivity index is 1.02. The molecule has 0 aliphatic carbocycles. The molecule has 0 unspecified atom stereocenters. The molecule has 0 saturated carbocycles. The summed E-state index contributed by atoms with van der Waals surface area (Å²) in [7, 11) is 0. The number of para-hydroxylation sites is 4. The first-order chi connectivity index (χ1) is 31.7. The molecule has 0 saturated heterocycles. The molecule has 300 valence electrons. The summed E-state index contributed by atoms with van der Waals surface area (Å²) in [6.07, 6.45) is 5.76. The summed E-state index contributed by atoms with van der Waals surface area (Å²) in [5, 5.41) is 9.46. The fraction of sp³-hybridized carbons (Fsp3) is 0. The lowest BCUT2D eigenvalue weighted by Gasteiger charge is -2.10. The fourth-order valence-electron chi connectivity index (χ4n) is 10.5. The predicted octanol–water partition coefficient (Wildman–Crippen LogP) is 16.4. The first-order valence-corrected chi connectivity index (χ1v) is 21.7. The highest BCUT2D eigenvalue weighted by Gasteiger charge is 2.22. The molecule has 0 bridgehead atoms. The maximum Gasteiger partial charge on any atom is 0.136 e. The average Bonchev–Trinajstić information content (AvgIpc) is 4.09. The van der Waals surface area contributed by atoms with Gasteiger partial charge in [0.05, 0.1) is 33.1 Å². The van der Waals surface area contributed by atoms with Gasteiger partial charge in [-0.25, -0.2) is 0 Å². The van der Waals surface area contributed by atoms with Crippen LogP contribution in [0.3, 0.4) is 0 Å². The summed E-state index contributed by atoms with van der Waals surface area (Å²) >= 11 is 0. The number of furan rings is 1. The minimum Gasteiger partial charge on any atom is -0.456 e. The quantitative estimate of drug-likeness (QED) is 0.147. The van der Waals surface area contributed by atoms with Crippen molar-refractivity contribution in [2.24, 2.45) is 0 Å². The molecule has 13 aromatic rings. The van der Waals surface area contributed by atoms with Crippen LogP contribution < -0.4 is 0 Å². The van der Waals surface area contributed by atoms with Crippen LogP contribution in [0.5, 0.6) is 0 Å². The summed E-state index contributed by atoms with van der Waals surface area (Å²) in [5.74, 6) is 0. The molecule has 0 aliphatic rings. The van der Waals surface area contributed by atoms with E-state index in [-0.39, 0.29) is 0 Å². The zero-order valence-electron chi connectivity index (χ0n) is 34.9. The number of rotatable bonds is 7. The van der Waals surface area contributed by atoms with Crippen molar-refractivity contribution in [2.45, 2.75) is 0 Å². The van der Waals surface area contributed by atoms with E-state index in [9.17, 15) is 0 Å². The zero-order valence-corrected chi connectivity index (χ0v) is 34.9. The maximum absolute atomic E-state index is 6.60. The molecule has 4 nitrogen and oxygen atoms in total. The minimum atomic E-state index is 0.873. The Morgan fingerprint density at radius 3 is 1.77 bits per heavy atom. The monoisotopic (exact) mass is 817 g/mol. The molecular formula is C60H39N3O. The third kappa shape index (κ3) is 5.17. The van der Waals surface area contributed by atoms with Crippen molar-refractivity contribution >= 4 is 93.1 Å². The van der Waals surface area contributed by atoms with Crippen molar-refractivity contribution in [1.82, 2.24) is 13.7 Å². The smallest absolute Gasteiger partial charge is 0.136 e. The van der Waals surface area contributed by atoms with Gasteiger partial charge in [0, 0.05) is 60.2 Å². The fourth-order valence-corrected chi connectivity index (χ4v) is 10.5. The van der Waals surface area contributed by atoms with E-state index < -0.39 is 0 Å². The third-order valence-electron chi connectivity index (χ3n) is 13.2. The number of nitrogens with zero attached hydrogens (tertiary/aromatic N) is 3. The third-order valence-corrected chi connectivity index (χ3v) is 13.2. The molecule has 0 atom stereocenters. The van der Waals surface area contributed by atoms with Gasteiger partial charge in [-0.3, -0.25) is 0 Å². The van der Waals surface area contributed by atoms with Gasteiger partial charge in [0.1, 0.15) is 11.2 Å². The number of benzene rings is 9. The first-order valence-electron chi connectivity index (χ1n) is 21.7. The zero-order chi connectivity index (χ0) is 42.5. The highest BCUT2D eigenvalue weighted by atomic mass is 16.3. The van der Waals surface area contributed by atoms with Crippen LogP contribution in [0.25, 0.3) is 127 Å². The van der Waals surface area contributed by atoms with Crippen LogP contribution in [0, 0.1) is 0 Å². The molecule has 4 heteroatoms. The van der Waals surface area contributed by atoms with Crippen molar-refractivity contribution in [1.29, 1.82) is 0 Å². The van der Waals surface area contributed by atoms with Crippen LogP contribution in [0.1, 0.15) is 0 Å². The van der Waals surface area contributed by atoms with Crippen LogP contribution in [0.15, 0.2) is 230 Å². The molecular weight excluding hydrogens is 779 g/mol. The molecule has 0 fully saturated rings. The minimum absolute atomic E-state index is 0.873. The Morgan fingerprint density at radius 2 is 1.00 bits per heavy atom. The van der Waals surface area contributed by atoms with E-state index in [1.54, 1.807) is 0 Å². The molecule has 4 aromatic heterocycles. The number of fused-ring (bicyclic) bond motifs is 13. The second kappa shape index (κ2) is 14.0. The normalized spacial score (nSPS) is 12.3. The largest absolute Gasteiger partial charge is 0.456 e. The summed E-state index contributed by atoms with van der Waals surface area (Å²) in [6, 6.07) is 70.2. The highest BCUT2D eigenvalue weighted by molar-refractivity contribution is 6.27. The van der Waals surface area contributed by atoms with Gasteiger partial charge in [0.2, 0.25) is 0 Å². The number of hydrogen-bond donors (Lipinski definition) is 0. The van der Waals surface area contributed by atoms with Crippen LogP contribution in [0.2, 0.25) is 0 Å². The van der Waals surface area contributed by atoms with Gasteiger partial charge in [-0.15, -0.1) is 0 Å². The van der Waals surface area contributed by atoms with E-state index in [1.807, 2.05) is 18.2 Å². The van der Waals surface area contributed by atoms with Gasteiger partial charge in [-0.2, -0.15) is 0 Å². The lowest BCUT2D eigenvalue weighted by atomic mass is 9.96. The number of allylic oxidation sites excluding steroid dienone is 4. The Hall–Kier alpha value is -8.60. The van der Waals surface area contributed by atoms with Gasteiger partial charge in [0.15, 0.2) is 0 Å². The topological polar surface area (TPSA) is 27.9 Å². The number of hydrogen-bond acceptors (Lipinski definition) is 1. The SMILES string of the molecule is C=C/C=C(\C=C)n1c2ccccc2c2c1ccc1c3cc(-c4ccc5oc6cccc(-c7ccc8c(c7)c7ccccc7n8-c7ccccc7)c6c5c4)ccc3n(-c3ccccc3)c12. The van der Waals surface area contributed by atoms with Gasteiger partial charge in [0.25, 0.3) is 0 Å². The maximum atomic E-state index is 6.60. The second-order valence-corrected chi connectivity index (χ2v) is 16.6. The van der Waals surface area contributed by atoms with E-state index >= 15 is 0 Å². The molecule has 4 heterocycles. The van der Waals surface area contributed by atoms with Crippen LogP contribution >= 0.6 is 0 Å². The Labute approximate surface area is 368 Å². The van der Waals surface area contributed by atoms with E-state index in [0.717, 1.165) is 77.8 Å². The molecule has 0 aliphatic heterocycles. The van der Waals surface area contributed by atoms with Crippen molar-refractivity contribution in [3.63, 3.8) is 0 Å². The Kier molecular flexibility index (Phi) is 7.87. The van der Waals surface area contributed by atoms with E-state index in [0.29, 0.717) is 0 Å². The van der Waals surface area contributed by atoms with Gasteiger partial charge in [-0.05, 0) is 119 Å². The summed E-state index contributed by atoms with van der Waals surface area (Å²) in [6.45, 7) is 8.20. The molecule has 13 rings (SSSR count). The Morgan fingerprint density at radius 1 is 0.406 bits per heavy atom. The van der Waals surface area contributed by atoms with Gasteiger partial charge >= 0.3 is 0 Å². The standard InChI is InChI=1S/C60H39N3O/c1-3-16-41(4-2)61-52-25-14-12-22-47(52)59-55(61)33-30-46-49-35-38(27-31-54(49)63(60(46)59)43-19-9-6-10-20-43)39-29-34-56-50(36-39)58-44(23-15-26-57(58)64-56)40-28-32-53-48(37-40)45-21-11-13-24-51(45)62(53)42-17-7-5-8-18-42/h3-37H,1-2H2/b41-16+.